The summed E-state index contributed by atoms with van der Waals surface area (Å²) in [6.07, 6.45) is 18.0. The molecule has 1 aromatic heterocycles. The fraction of sp³-hybridized carbons (Fsp3) is 0.122. The summed E-state index contributed by atoms with van der Waals surface area (Å²) in [7, 11) is 0. The Morgan fingerprint density at radius 2 is 1.14 bits per heavy atom. The highest BCUT2D eigenvalue weighted by molar-refractivity contribution is 5.78. The summed E-state index contributed by atoms with van der Waals surface area (Å²) in [6, 6.07) is 54.6. The van der Waals surface area contributed by atoms with E-state index in [0.717, 1.165) is 18.4 Å². The lowest BCUT2D eigenvalue weighted by Gasteiger charge is -2.52. The van der Waals surface area contributed by atoms with Crippen molar-refractivity contribution in [2.45, 2.75) is 23.7 Å². The first kappa shape index (κ1) is 29.2. The highest BCUT2D eigenvalue weighted by Crippen LogP contribution is 2.69. The zero-order chi connectivity index (χ0) is 33.1. The van der Waals surface area contributed by atoms with Crippen LogP contribution in [0.3, 0.4) is 0 Å². The number of pyridine rings is 1. The van der Waals surface area contributed by atoms with Crippen molar-refractivity contribution in [2.75, 3.05) is 0 Å². The van der Waals surface area contributed by atoms with Crippen LogP contribution in [0.5, 0.6) is 0 Å². The minimum atomic E-state index is -0.467. The van der Waals surface area contributed by atoms with Crippen LogP contribution in [0, 0.1) is 11.8 Å². The third kappa shape index (κ3) is 3.98. The van der Waals surface area contributed by atoms with Gasteiger partial charge in [-0.05, 0) is 80.1 Å². The van der Waals surface area contributed by atoms with Gasteiger partial charge in [-0.3, -0.25) is 4.98 Å². The molecule has 6 aromatic rings. The SMILES string of the molecule is C1=CCC2C(=C1)C1CC=CC3=C1C2(c1ccccc1)c1ccccc1C3(c1ccccc1)c1ccc(-c2ccc(-c3cccnc3)cc2)cc1. The maximum absolute atomic E-state index is 4.31. The smallest absolute Gasteiger partial charge is 0.0704 e. The van der Waals surface area contributed by atoms with Crippen LogP contribution in [0.4, 0.5) is 0 Å². The number of nitrogens with zero attached hydrogens (tertiary/aromatic N) is 1. The number of benzene rings is 5. The van der Waals surface area contributed by atoms with Gasteiger partial charge < -0.3 is 0 Å². The van der Waals surface area contributed by atoms with E-state index in [2.05, 4.69) is 175 Å². The van der Waals surface area contributed by atoms with Gasteiger partial charge in [0.25, 0.3) is 0 Å². The summed E-state index contributed by atoms with van der Waals surface area (Å²) < 4.78 is 0. The largest absolute Gasteiger partial charge is 0.264 e. The molecule has 4 unspecified atom stereocenters. The molecular formula is C49H37N. The third-order valence-corrected chi connectivity index (χ3v) is 12.0. The van der Waals surface area contributed by atoms with Gasteiger partial charge in [0.1, 0.15) is 0 Å². The van der Waals surface area contributed by atoms with Crippen LogP contribution in [-0.4, -0.2) is 4.98 Å². The minimum Gasteiger partial charge on any atom is -0.264 e. The van der Waals surface area contributed by atoms with Crippen molar-refractivity contribution in [1.29, 1.82) is 0 Å². The van der Waals surface area contributed by atoms with Gasteiger partial charge in [-0.25, -0.2) is 0 Å². The fourth-order valence-corrected chi connectivity index (χ4v) is 10.1. The lowest BCUT2D eigenvalue weighted by atomic mass is 9.49. The fourth-order valence-electron chi connectivity index (χ4n) is 10.1. The molecule has 0 spiro atoms. The molecule has 10 rings (SSSR count). The van der Waals surface area contributed by atoms with E-state index in [4.69, 9.17) is 0 Å². The molecule has 0 aliphatic heterocycles. The highest BCUT2D eigenvalue weighted by atomic mass is 14.6. The Morgan fingerprint density at radius 3 is 1.84 bits per heavy atom. The second kappa shape index (κ2) is 11.4. The summed E-state index contributed by atoms with van der Waals surface area (Å²) in [5.41, 5.74) is 15.6. The molecule has 0 saturated heterocycles. The molecule has 5 aromatic carbocycles. The second-order valence-corrected chi connectivity index (χ2v) is 14.1. The molecule has 4 atom stereocenters. The second-order valence-electron chi connectivity index (χ2n) is 14.1. The topological polar surface area (TPSA) is 12.9 Å². The van der Waals surface area contributed by atoms with Gasteiger partial charge in [0.05, 0.1) is 5.41 Å². The predicted octanol–water partition coefficient (Wildman–Crippen LogP) is 11.4. The molecule has 1 heteroatoms. The number of allylic oxidation sites excluding steroid dienone is 8. The van der Waals surface area contributed by atoms with Crippen molar-refractivity contribution < 1.29 is 0 Å². The van der Waals surface area contributed by atoms with E-state index < -0.39 is 5.41 Å². The lowest BCUT2D eigenvalue weighted by molar-refractivity contribution is 0.438. The molecule has 1 saturated carbocycles. The van der Waals surface area contributed by atoms with Crippen molar-refractivity contribution in [3.05, 3.63) is 233 Å². The molecule has 1 nitrogen and oxygen atoms in total. The number of hydrogen-bond acceptors (Lipinski definition) is 1. The van der Waals surface area contributed by atoms with Crippen LogP contribution < -0.4 is 0 Å². The van der Waals surface area contributed by atoms with E-state index in [1.807, 2.05) is 18.5 Å². The standard InChI is InChI=1S/C49H37N/c1-3-14-38(15-4-1)48(40-30-28-35(29-31-40)34-24-26-36(27-25-34)37-13-12-32-50-33-37)44-21-9-10-22-45(44)49(39-16-5-2-6-17-39)43-20-8-7-18-41(43)42-19-11-23-46(48)47(42)49/h1-18,21-33,42-43H,19-20H2. The van der Waals surface area contributed by atoms with E-state index in [-0.39, 0.29) is 5.41 Å². The molecule has 1 heterocycles. The van der Waals surface area contributed by atoms with E-state index in [9.17, 15) is 0 Å². The molecule has 50 heavy (non-hydrogen) atoms. The van der Waals surface area contributed by atoms with Crippen LogP contribution in [-0.2, 0) is 10.8 Å². The molecule has 0 bridgehead atoms. The Hall–Kier alpha value is -5.79. The average Bonchev–Trinajstić information content (AvgIpc) is 3.52. The molecule has 0 radical (unpaired) electrons. The van der Waals surface area contributed by atoms with Crippen molar-refractivity contribution in [3.8, 4) is 22.3 Å². The van der Waals surface area contributed by atoms with Crippen molar-refractivity contribution in [1.82, 2.24) is 4.98 Å². The van der Waals surface area contributed by atoms with E-state index in [1.54, 1.807) is 11.1 Å². The first-order chi connectivity index (χ1) is 24.8. The van der Waals surface area contributed by atoms with Crippen molar-refractivity contribution in [3.63, 3.8) is 0 Å². The molecule has 238 valence electrons. The van der Waals surface area contributed by atoms with Crippen molar-refractivity contribution >= 4 is 0 Å². The van der Waals surface area contributed by atoms with Gasteiger partial charge in [0, 0.05) is 29.6 Å². The highest BCUT2D eigenvalue weighted by Gasteiger charge is 2.63. The van der Waals surface area contributed by atoms with Gasteiger partial charge in [-0.1, -0.05) is 175 Å². The Bertz CT molecular complexity index is 2340. The maximum atomic E-state index is 4.31. The van der Waals surface area contributed by atoms with Gasteiger partial charge in [-0.2, -0.15) is 0 Å². The lowest BCUT2D eigenvalue weighted by Crippen LogP contribution is -2.46. The monoisotopic (exact) mass is 639 g/mol. The van der Waals surface area contributed by atoms with E-state index in [1.165, 1.54) is 50.1 Å². The number of fused-ring (bicyclic) bond motifs is 5. The van der Waals surface area contributed by atoms with Gasteiger partial charge in [0.15, 0.2) is 0 Å². The van der Waals surface area contributed by atoms with Crippen LogP contribution in [0.15, 0.2) is 205 Å². The van der Waals surface area contributed by atoms with Crippen LogP contribution in [0.2, 0.25) is 0 Å². The summed E-state index contributed by atoms with van der Waals surface area (Å²) >= 11 is 0. The number of aromatic nitrogens is 1. The Morgan fingerprint density at radius 1 is 0.520 bits per heavy atom. The van der Waals surface area contributed by atoms with Crippen LogP contribution in [0.1, 0.15) is 40.7 Å². The predicted molar refractivity (Wildman–Crippen MR) is 205 cm³/mol. The van der Waals surface area contributed by atoms with Crippen LogP contribution in [0.25, 0.3) is 22.3 Å². The average molecular weight is 640 g/mol. The Labute approximate surface area is 294 Å². The Balaban J connectivity index is 1.23. The summed E-state index contributed by atoms with van der Waals surface area (Å²) in [5, 5.41) is 0. The van der Waals surface area contributed by atoms with Gasteiger partial charge >= 0.3 is 0 Å². The zero-order valence-electron chi connectivity index (χ0n) is 27.9. The minimum absolute atomic E-state index is 0.229. The summed E-state index contributed by atoms with van der Waals surface area (Å²) in [4.78, 5) is 4.31. The molecule has 0 N–H and O–H groups in total. The normalized spacial score (nSPS) is 24.3. The molecule has 4 aliphatic rings. The summed E-state index contributed by atoms with van der Waals surface area (Å²) in [5.74, 6) is 0.760. The van der Waals surface area contributed by atoms with Gasteiger partial charge in [0.2, 0.25) is 0 Å². The molecule has 1 fully saturated rings. The first-order valence-corrected chi connectivity index (χ1v) is 17.9. The molecular weight excluding hydrogens is 603 g/mol. The zero-order valence-corrected chi connectivity index (χ0v) is 27.9. The Kier molecular flexibility index (Phi) is 6.64. The number of hydrogen-bond donors (Lipinski definition) is 0. The van der Waals surface area contributed by atoms with Crippen molar-refractivity contribution in [2.24, 2.45) is 11.8 Å². The first-order valence-electron chi connectivity index (χ1n) is 17.9. The number of rotatable bonds is 5. The molecule has 4 aliphatic carbocycles. The third-order valence-electron chi connectivity index (χ3n) is 12.0. The molecule has 0 amide bonds. The van der Waals surface area contributed by atoms with Crippen LogP contribution >= 0.6 is 0 Å². The van der Waals surface area contributed by atoms with E-state index >= 15 is 0 Å². The van der Waals surface area contributed by atoms with E-state index in [0.29, 0.717) is 11.8 Å². The van der Waals surface area contributed by atoms with Gasteiger partial charge in [-0.15, -0.1) is 0 Å². The maximum Gasteiger partial charge on any atom is 0.0704 e. The summed E-state index contributed by atoms with van der Waals surface area (Å²) in [6.45, 7) is 0. The quantitative estimate of drug-likeness (QED) is 0.183.